The molecule has 1 aromatic rings. The Morgan fingerprint density at radius 1 is 1.19 bits per heavy atom. The molecule has 0 heterocycles. The summed E-state index contributed by atoms with van der Waals surface area (Å²) in [7, 11) is 1.82. The largest absolute Gasteiger partial charge is 0.382 e. The number of anilines is 1. The van der Waals surface area contributed by atoms with Crippen LogP contribution in [0.3, 0.4) is 0 Å². The summed E-state index contributed by atoms with van der Waals surface area (Å²) in [6, 6.07) is 9.22. The van der Waals surface area contributed by atoms with Crippen LogP contribution in [0, 0.1) is 6.92 Å². The van der Waals surface area contributed by atoms with Crippen molar-refractivity contribution >= 4 is 5.69 Å². The highest BCUT2D eigenvalue weighted by molar-refractivity contribution is 5.46. The van der Waals surface area contributed by atoms with Crippen LogP contribution in [0.1, 0.15) is 31.2 Å². The van der Waals surface area contributed by atoms with Crippen LogP contribution >= 0.6 is 0 Å². The fraction of sp³-hybridized carbons (Fsp3) is 0.571. The Labute approximate surface area is 98.0 Å². The summed E-state index contributed by atoms with van der Waals surface area (Å²) in [4.78, 5) is 0. The lowest BCUT2D eigenvalue weighted by atomic mass is 9.93. The van der Waals surface area contributed by atoms with E-state index in [4.69, 9.17) is 4.74 Å². The van der Waals surface area contributed by atoms with Gasteiger partial charge in [0.05, 0.1) is 6.10 Å². The number of hydrogen-bond acceptors (Lipinski definition) is 2. The topological polar surface area (TPSA) is 21.3 Å². The minimum Gasteiger partial charge on any atom is -0.382 e. The lowest BCUT2D eigenvalue weighted by Crippen LogP contribution is -2.29. The predicted octanol–water partition coefficient (Wildman–Crippen LogP) is 3.36. The van der Waals surface area contributed by atoms with Gasteiger partial charge < -0.3 is 10.1 Å². The maximum atomic E-state index is 5.38. The van der Waals surface area contributed by atoms with Crippen molar-refractivity contribution in [3.63, 3.8) is 0 Å². The SMILES string of the molecule is COC1CCC(Nc2cccc(C)c2)CC1. The van der Waals surface area contributed by atoms with Gasteiger partial charge >= 0.3 is 0 Å². The summed E-state index contributed by atoms with van der Waals surface area (Å²) in [5.74, 6) is 0. The Morgan fingerprint density at radius 2 is 1.94 bits per heavy atom. The normalized spacial score (nSPS) is 25.4. The third kappa shape index (κ3) is 2.99. The van der Waals surface area contributed by atoms with Crippen molar-refractivity contribution in [1.82, 2.24) is 0 Å². The monoisotopic (exact) mass is 219 g/mol. The molecule has 1 aliphatic rings. The molecule has 1 fully saturated rings. The van der Waals surface area contributed by atoms with Crippen molar-refractivity contribution in [2.24, 2.45) is 0 Å². The molecule has 1 saturated carbocycles. The highest BCUT2D eigenvalue weighted by Crippen LogP contribution is 2.23. The molecule has 0 spiro atoms. The van der Waals surface area contributed by atoms with Gasteiger partial charge in [-0.2, -0.15) is 0 Å². The number of methoxy groups -OCH3 is 1. The van der Waals surface area contributed by atoms with Gasteiger partial charge in [-0.25, -0.2) is 0 Å². The third-order valence-corrected chi connectivity index (χ3v) is 3.40. The summed E-state index contributed by atoms with van der Waals surface area (Å²) >= 11 is 0. The summed E-state index contributed by atoms with van der Waals surface area (Å²) in [5, 5.41) is 3.61. The van der Waals surface area contributed by atoms with Crippen molar-refractivity contribution < 1.29 is 4.74 Å². The smallest absolute Gasteiger partial charge is 0.0572 e. The van der Waals surface area contributed by atoms with Crippen molar-refractivity contribution in [3.8, 4) is 0 Å². The average Bonchev–Trinajstić information content (AvgIpc) is 2.30. The molecule has 0 unspecified atom stereocenters. The fourth-order valence-electron chi connectivity index (χ4n) is 2.41. The maximum absolute atomic E-state index is 5.38. The molecule has 0 aromatic heterocycles. The van der Waals surface area contributed by atoms with Crippen LogP contribution in [-0.2, 0) is 4.74 Å². The zero-order valence-corrected chi connectivity index (χ0v) is 10.2. The maximum Gasteiger partial charge on any atom is 0.0572 e. The predicted molar refractivity (Wildman–Crippen MR) is 67.9 cm³/mol. The van der Waals surface area contributed by atoms with E-state index in [2.05, 4.69) is 36.5 Å². The van der Waals surface area contributed by atoms with Gasteiger partial charge in [0.25, 0.3) is 0 Å². The number of ether oxygens (including phenoxy) is 1. The lowest BCUT2D eigenvalue weighted by Gasteiger charge is -2.29. The van der Waals surface area contributed by atoms with Gasteiger partial charge in [-0.3, -0.25) is 0 Å². The second-order valence-electron chi connectivity index (χ2n) is 4.72. The molecule has 0 radical (unpaired) electrons. The summed E-state index contributed by atoms with van der Waals surface area (Å²) in [6.07, 6.45) is 5.27. The Morgan fingerprint density at radius 3 is 2.56 bits per heavy atom. The van der Waals surface area contributed by atoms with Gasteiger partial charge in [-0.05, 0) is 50.3 Å². The molecule has 0 atom stereocenters. The number of aryl methyl sites for hydroxylation is 1. The van der Waals surface area contributed by atoms with Gasteiger partial charge in [-0.15, -0.1) is 0 Å². The van der Waals surface area contributed by atoms with E-state index in [1.807, 2.05) is 7.11 Å². The second kappa shape index (κ2) is 5.35. The van der Waals surface area contributed by atoms with E-state index in [9.17, 15) is 0 Å². The van der Waals surface area contributed by atoms with E-state index in [1.165, 1.54) is 36.9 Å². The van der Waals surface area contributed by atoms with Crippen LogP contribution in [0.2, 0.25) is 0 Å². The summed E-state index contributed by atoms with van der Waals surface area (Å²) < 4.78 is 5.38. The first-order chi connectivity index (χ1) is 7.78. The van der Waals surface area contributed by atoms with Gasteiger partial charge in [0.2, 0.25) is 0 Å². The van der Waals surface area contributed by atoms with E-state index in [1.54, 1.807) is 0 Å². The van der Waals surface area contributed by atoms with E-state index in [0.29, 0.717) is 12.1 Å². The van der Waals surface area contributed by atoms with E-state index in [-0.39, 0.29) is 0 Å². The molecule has 0 bridgehead atoms. The molecule has 1 aromatic carbocycles. The molecule has 0 aliphatic heterocycles. The molecule has 0 amide bonds. The van der Waals surface area contributed by atoms with Crippen LogP contribution < -0.4 is 5.32 Å². The molecular weight excluding hydrogens is 198 g/mol. The zero-order valence-electron chi connectivity index (χ0n) is 10.2. The molecule has 1 N–H and O–H groups in total. The van der Waals surface area contributed by atoms with Crippen molar-refractivity contribution in [2.75, 3.05) is 12.4 Å². The quantitative estimate of drug-likeness (QED) is 0.841. The Hall–Kier alpha value is -1.02. The molecule has 2 rings (SSSR count). The summed E-state index contributed by atoms with van der Waals surface area (Å²) in [6.45, 7) is 2.13. The molecule has 2 heteroatoms. The van der Waals surface area contributed by atoms with E-state index in [0.717, 1.165) is 0 Å². The first kappa shape index (κ1) is 11.5. The Kier molecular flexibility index (Phi) is 3.83. The molecule has 2 nitrogen and oxygen atoms in total. The highest BCUT2D eigenvalue weighted by Gasteiger charge is 2.20. The van der Waals surface area contributed by atoms with Crippen LogP contribution in [0.15, 0.2) is 24.3 Å². The van der Waals surface area contributed by atoms with Crippen molar-refractivity contribution in [1.29, 1.82) is 0 Å². The van der Waals surface area contributed by atoms with Gasteiger partial charge in [0.15, 0.2) is 0 Å². The van der Waals surface area contributed by atoms with E-state index >= 15 is 0 Å². The number of rotatable bonds is 3. The first-order valence-electron chi connectivity index (χ1n) is 6.14. The molecule has 16 heavy (non-hydrogen) atoms. The standard InChI is InChI=1S/C14H21NO/c1-11-4-3-5-13(10-11)15-12-6-8-14(16-2)9-7-12/h3-5,10,12,14-15H,6-9H2,1-2H3. The minimum atomic E-state index is 0.482. The van der Waals surface area contributed by atoms with E-state index < -0.39 is 0 Å². The minimum absolute atomic E-state index is 0.482. The van der Waals surface area contributed by atoms with Crippen LogP contribution in [0.4, 0.5) is 5.69 Å². The zero-order chi connectivity index (χ0) is 11.4. The van der Waals surface area contributed by atoms with Crippen molar-refractivity contribution in [2.45, 2.75) is 44.8 Å². The molecule has 88 valence electrons. The van der Waals surface area contributed by atoms with Gasteiger partial charge in [-0.1, -0.05) is 12.1 Å². The van der Waals surface area contributed by atoms with Crippen LogP contribution in [0.25, 0.3) is 0 Å². The first-order valence-corrected chi connectivity index (χ1v) is 6.14. The van der Waals surface area contributed by atoms with Crippen LogP contribution in [0.5, 0.6) is 0 Å². The van der Waals surface area contributed by atoms with Crippen molar-refractivity contribution in [3.05, 3.63) is 29.8 Å². The summed E-state index contributed by atoms with van der Waals surface area (Å²) in [5.41, 5.74) is 2.57. The van der Waals surface area contributed by atoms with Crippen LogP contribution in [-0.4, -0.2) is 19.3 Å². The highest BCUT2D eigenvalue weighted by atomic mass is 16.5. The molecular formula is C14H21NO. The van der Waals surface area contributed by atoms with Gasteiger partial charge in [0, 0.05) is 18.8 Å². The second-order valence-corrected chi connectivity index (χ2v) is 4.72. The lowest BCUT2D eigenvalue weighted by molar-refractivity contribution is 0.0682. The third-order valence-electron chi connectivity index (χ3n) is 3.40. The molecule has 1 aliphatic carbocycles. The Balaban J connectivity index is 1.87. The molecule has 0 saturated heterocycles. The van der Waals surface area contributed by atoms with Gasteiger partial charge in [0.1, 0.15) is 0 Å². The average molecular weight is 219 g/mol. The fourth-order valence-corrected chi connectivity index (χ4v) is 2.41. The number of nitrogens with one attached hydrogen (secondary N) is 1. The Bertz CT molecular complexity index is 329. The number of benzene rings is 1. The number of hydrogen-bond donors (Lipinski definition) is 1.